The number of nitrogens with one attached hydrogen (secondary N) is 1. The molecule has 9 heteroatoms. The number of benzene rings is 2. The van der Waals surface area contributed by atoms with Crippen molar-refractivity contribution in [3.8, 4) is 11.8 Å². The molecule has 0 heterocycles. The predicted octanol–water partition coefficient (Wildman–Crippen LogP) is 2.42. The van der Waals surface area contributed by atoms with Gasteiger partial charge in [-0.15, -0.1) is 0 Å². The van der Waals surface area contributed by atoms with Crippen LogP contribution in [0, 0.1) is 21.4 Å². The molecule has 0 fully saturated rings. The number of amides is 1. The Hall–Kier alpha value is -3.93. The van der Waals surface area contributed by atoms with Crippen LogP contribution in [-0.4, -0.2) is 29.5 Å². The molecule has 1 amide bonds. The van der Waals surface area contributed by atoms with E-state index in [0.717, 1.165) is 0 Å². The van der Waals surface area contributed by atoms with Crippen LogP contribution in [0.15, 0.2) is 48.5 Å². The number of ether oxygens (including phenoxy) is 2. The van der Waals surface area contributed by atoms with Gasteiger partial charge >= 0.3 is 5.97 Å². The monoisotopic (exact) mass is 369 g/mol. The highest BCUT2D eigenvalue weighted by atomic mass is 16.6. The van der Waals surface area contributed by atoms with E-state index in [9.17, 15) is 19.7 Å². The zero-order chi connectivity index (χ0) is 19.8. The first-order valence-electron chi connectivity index (χ1n) is 7.77. The zero-order valence-electron chi connectivity index (χ0n) is 14.2. The van der Waals surface area contributed by atoms with Crippen LogP contribution in [0.25, 0.3) is 0 Å². The molecule has 1 unspecified atom stereocenters. The van der Waals surface area contributed by atoms with Gasteiger partial charge in [-0.1, -0.05) is 0 Å². The lowest BCUT2D eigenvalue weighted by molar-refractivity contribution is -0.384. The summed E-state index contributed by atoms with van der Waals surface area (Å²) in [5.41, 5.74) is 0.691. The maximum atomic E-state index is 12.0. The number of nitro benzene ring substituents is 1. The predicted molar refractivity (Wildman–Crippen MR) is 93.9 cm³/mol. The quantitative estimate of drug-likeness (QED) is 0.450. The number of nitrogens with zero attached hydrogens (tertiary/aromatic N) is 2. The highest BCUT2D eigenvalue weighted by Gasteiger charge is 2.18. The lowest BCUT2D eigenvalue weighted by Gasteiger charge is -2.14. The van der Waals surface area contributed by atoms with E-state index in [4.69, 9.17) is 14.7 Å². The molecule has 9 nitrogen and oxygen atoms in total. The molecule has 138 valence electrons. The van der Waals surface area contributed by atoms with Crippen LogP contribution in [0.4, 0.5) is 11.4 Å². The molecule has 27 heavy (non-hydrogen) atoms. The highest BCUT2D eigenvalue weighted by Crippen LogP contribution is 2.16. The summed E-state index contributed by atoms with van der Waals surface area (Å²) in [6, 6.07) is 13.4. The van der Waals surface area contributed by atoms with Gasteiger partial charge in [0.15, 0.2) is 12.7 Å². The Morgan fingerprint density at radius 2 is 1.81 bits per heavy atom. The number of nitro groups is 1. The number of hydrogen-bond donors (Lipinski definition) is 1. The maximum Gasteiger partial charge on any atom is 0.344 e. The molecule has 0 saturated carbocycles. The van der Waals surface area contributed by atoms with E-state index in [1.54, 1.807) is 12.1 Å². The van der Waals surface area contributed by atoms with Gasteiger partial charge < -0.3 is 14.8 Å². The highest BCUT2D eigenvalue weighted by molar-refractivity contribution is 5.95. The van der Waals surface area contributed by atoms with Crippen molar-refractivity contribution in [2.45, 2.75) is 13.0 Å². The summed E-state index contributed by atoms with van der Waals surface area (Å²) in [6.45, 7) is 0.987. The van der Waals surface area contributed by atoms with Crippen LogP contribution < -0.4 is 10.1 Å². The molecule has 0 aliphatic heterocycles. The number of esters is 1. The van der Waals surface area contributed by atoms with E-state index in [2.05, 4.69) is 5.32 Å². The average Bonchev–Trinajstić information content (AvgIpc) is 2.67. The van der Waals surface area contributed by atoms with Gasteiger partial charge in [-0.3, -0.25) is 14.9 Å². The third-order valence-electron chi connectivity index (χ3n) is 3.36. The Balaban J connectivity index is 1.81. The van der Waals surface area contributed by atoms with Gasteiger partial charge in [0.2, 0.25) is 0 Å². The minimum absolute atomic E-state index is 0.104. The fourth-order valence-electron chi connectivity index (χ4n) is 1.96. The largest absolute Gasteiger partial charge is 0.482 e. The molecule has 0 aliphatic carbocycles. The molecule has 0 saturated heterocycles. The van der Waals surface area contributed by atoms with Crippen LogP contribution in [0.2, 0.25) is 0 Å². The summed E-state index contributed by atoms with van der Waals surface area (Å²) < 4.78 is 10.2. The number of carbonyl (C=O) groups is 2. The van der Waals surface area contributed by atoms with Crippen molar-refractivity contribution in [3.63, 3.8) is 0 Å². The van der Waals surface area contributed by atoms with Gasteiger partial charge in [0.25, 0.3) is 11.6 Å². The molecule has 2 aromatic carbocycles. The zero-order valence-corrected chi connectivity index (χ0v) is 14.2. The second-order valence-electron chi connectivity index (χ2n) is 5.35. The molecular weight excluding hydrogens is 354 g/mol. The van der Waals surface area contributed by atoms with Crippen molar-refractivity contribution >= 4 is 23.3 Å². The van der Waals surface area contributed by atoms with Gasteiger partial charge in [0.1, 0.15) is 5.75 Å². The molecule has 0 radical (unpaired) electrons. The van der Waals surface area contributed by atoms with Gasteiger partial charge in [-0.05, 0) is 43.3 Å². The molecule has 0 bridgehead atoms. The molecule has 0 aromatic heterocycles. The lowest BCUT2D eigenvalue weighted by Crippen LogP contribution is -2.31. The summed E-state index contributed by atoms with van der Waals surface area (Å²) >= 11 is 0. The van der Waals surface area contributed by atoms with Crippen LogP contribution in [0.5, 0.6) is 5.75 Å². The van der Waals surface area contributed by atoms with Crippen molar-refractivity contribution in [2.75, 3.05) is 11.9 Å². The van der Waals surface area contributed by atoms with Crippen LogP contribution in [-0.2, 0) is 14.3 Å². The Morgan fingerprint density at radius 1 is 1.19 bits per heavy atom. The van der Waals surface area contributed by atoms with Crippen molar-refractivity contribution in [1.29, 1.82) is 5.26 Å². The van der Waals surface area contributed by atoms with Crippen LogP contribution in [0.3, 0.4) is 0 Å². The SMILES string of the molecule is CC(OC(=O)COc1ccc(C#N)cc1)C(=O)Nc1ccc([N+](=O)[O-])cc1. The summed E-state index contributed by atoms with van der Waals surface area (Å²) in [6.07, 6.45) is -1.09. The number of anilines is 1. The molecule has 0 spiro atoms. The van der Waals surface area contributed by atoms with Gasteiger partial charge in [0.05, 0.1) is 16.6 Å². The number of hydrogen-bond acceptors (Lipinski definition) is 7. The van der Waals surface area contributed by atoms with E-state index in [0.29, 0.717) is 17.0 Å². The van der Waals surface area contributed by atoms with Gasteiger partial charge in [-0.2, -0.15) is 5.26 Å². The van der Waals surface area contributed by atoms with E-state index in [1.807, 2.05) is 6.07 Å². The standard InChI is InChI=1S/C18H15N3O6/c1-12(18(23)20-14-4-6-15(7-5-14)21(24)25)27-17(22)11-26-16-8-2-13(10-19)3-9-16/h2-9,12H,11H2,1H3,(H,20,23). The summed E-state index contributed by atoms with van der Waals surface area (Å²) in [5.74, 6) is -0.949. The van der Waals surface area contributed by atoms with E-state index in [1.165, 1.54) is 43.3 Å². The Labute approximate surface area is 154 Å². The average molecular weight is 369 g/mol. The van der Waals surface area contributed by atoms with Crippen molar-refractivity contribution < 1.29 is 24.0 Å². The Bertz CT molecular complexity index is 871. The summed E-state index contributed by atoms with van der Waals surface area (Å²) in [7, 11) is 0. The molecule has 2 aromatic rings. The van der Waals surface area contributed by atoms with Gasteiger partial charge in [0, 0.05) is 17.8 Å². The van der Waals surface area contributed by atoms with Crippen molar-refractivity contribution in [3.05, 3.63) is 64.2 Å². The van der Waals surface area contributed by atoms with Crippen LogP contribution in [0.1, 0.15) is 12.5 Å². The first-order valence-corrected chi connectivity index (χ1v) is 7.77. The number of carbonyl (C=O) groups excluding carboxylic acids is 2. The first kappa shape index (κ1) is 19.4. The topological polar surface area (TPSA) is 132 Å². The summed E-state index contributed by atoms with van der Waals surface area (Å²) in [4.78, 5) is 33.8. The fourth-order valence-corrected chi connectivity index (χ4v) is 1.96. The number of non-ortho nitro benzene ring substituents is 1. The minimum Gasteiger partial charge on any atom is -0.482 e. The Morgan fingerprint density at radius 3 is 2.37 bits per heavy atom. The molecule has 2 rings (SSSR count). The first-order chi connectivity index (χ1) is 12.9. The Kier molecular flexibility index (Phi) is 6.44. The van der Waals surface area contributed by atoms with E-state index < -0.39 is 29.5 Å². The minimum atomic E-state index is -1.09. The van der Waals surface area contributed by atoms with Crippen LogP contribution >= 0.6 is 0 Å². The third-order valence-corrected chi connectivity index (χ3v) is 3.36. The normalized spacial score (nSPS) is 11.0. The molecular formula is C18H15N3O6. The van der Waals surface area contributed by atoms with Crippen molar-refractivity contribution in [1.82, 2.24) is 0 Å². The smallest absolute Gasteiger partial charge is 0.344 e. The second kappa shape index (κ2) is 8.96. The maximum absolute atomic E-state index is 12.0. The summed E-state index contributed by atoms with van der Waals surface area (Å²) in [5, 5.41) is 21.8. The van der Waals surface area contributed by atoms with E-state index in [-0.39, 0.29) is 5.69 Å². The fraction of sp³-hybridized carbons (Fsp3) is 0.167. The number of nitriles is 1. The van der Waals surface area contributed by atoms with Gasteiger partial charge in [-0.25, -0.2) is 4.79 Å². The van der Waals surface area contributed by atoms with E-state index >= 15 is 0 Å². The second-order valence-corrected chi connectivity index (χ2v) is 5.35. The molecule has 0 aliphatic rings. The number of rotatable bonds is 7. The third kappa shape index (κ3) is 5.82. The molecule has 1 atom stereocenters. The van der Waals surface area contributed by atoms with Crippen molar-refractivity contribution in [2.24, 2.45) is 0 Å². The molecule has 1 N–H and O–H groups in total. The lowest BCUT2D eigenvalue weighted by atomic mass is 10.2.